The van der Waals surface area contributed by atoms with Crippen molar-refractivity contribution >= 4 is 29.2 Å². The first-order valence-electron chi connectivity index (χ1n) is 13.2. The average molecular weight is 515 g/mol. The molecule has 5 rings (SSSR count). The molecule has 0 aromatic heterocycles. The van der Waals surface area contributed by atoms with Gasteiger partial charge in [-0.15, -0.1) is 0 Å². The second kappa shape index (κ2) is 9.36. The van der Waals surface area contributed by atoms with Crippen LogP contribution in [0.3, 0.4) is 0 Å². The Morgan fingerprint density at radius 1 is 0.622 bits per heavy atom. The Bertz CT molecular complexity index is 1360. The Morgan fingerprint density at radius 3 is 1.35 bits per heavy atom. The number of rotatable bonds is 4. The molecule has 0 aliphatic carbocycles. The van der Waals surface area contributed by atoms with Crippen molar-refractivity contribution in [3.8, 4) is 0 Å². The Hall–Kier alpha value is -2.49. The maximum Gasteiger partial charge on any atom is 0.344 e. The molecule has 1 fully saturated rings. The molecule has 1 saturated heterocycles. The van der Waals surface area contributed by atoms with Gasteiger partial charge in [-0.05, 0) is 43.5 Å². The van der Waals surface area contributed by atoms with Crippen LogP contribution >= 0.6 is 7.67 Å². The van der Waals surface area contributed by atoms with E-state index in [9.17, 15) is 9.46 Å². The van der Waals surface area contributed by atoms with Crippen LogP contribution in [0, 0.1) is 10.8 Å². The van der Waals surface area contributed by atoms with Crippen molar-refractivity contribution in [2.45, 2.75) is 53.6 Å². The molecule has 1 aliphatic heterocycles. The highest BCUT2D eigenvalue weighted by Crippen LogP contribution is 2.65. The Kier molecular flexibility index (Phi) is 6.61. The van der Waals surface area contributed by atoms with Crippen LogP contribution in [0.1, 0.15) is 64.8 Å². The lowest BCUT2D eigenvalue weighted by atomic mass is 9.80. The Labute approximate surface area is 221 Å². The first kappa shape index (κ1) is 26.1. The van der Waals surface area contributed by atoms with Crippen LogP contribution in [0.2, 0.25) is 0 Å². The van der Waals surface area contributed by atoms with Gasteiger partial charge in [0.2, 0.25) is 0 Å². The normalized spacial score (nSPS) is 18.9. The van der Waals surface area contributed by atoms with E-state index < -0.39 is 7.67 Å². The number of nitrogens with zero attached hydrogens (tertiary/aromatic N) is 2. The van der Waals surface area contributed by atoms with Gasteiger partial charge in [-0.1, -0.05) is 126 Å². The lowest BCUT2D eigenvalue weighted by Crippen LogP contribution is -2.36. The highest BCUT2D eigenvalue weighted by molar-refractivity contribution is 7.53. The van der Waals surface area contributed by atoms with E-state index in [0.717, 1.165) is 32.7 Å². The van der Waals surface area contributed by atoms with Crippen LogP contribution in [0.15, 0.2) is 84.9 Å². The molecule has 0 saturated carbocycles. The summed E-state index contributed by atoms with van der Waals surface area (Å²) in [5, 5.41) is 4.59. The van der Waals surface area contributed by atoms with Crippen LogP contribution in [-0.4, -0.2) is 27.3 Å². The summed E-state index contributed by atoms with van der Waals surface area (Å²) in [7, 11) is -3.89. The van der Waals surface area contributed by atoms with Gasteiger partial charge >= 0.3 is 7.67 Å². The molecule has 0 radical (unpaired) electrons. The molecule has 37 heavy (non-hydrogen) atoms. The van der Waals surface area contributed by atoms with Gasteiger partial charge in [0, 0.05) is 25.2 Å². The molecule has 0 amide bonds. The fraction of sp³-hybridized carbons (Fsp3) is 0.375. The Morgan fingerprint density at radius 2 is 0.973 bits per heavy atom. The first-order valence-corrected chi connectivity index (χ1v) is 14.8. The fourth-order valence-electron chi connectivity index (χ4n) is 6.30. The van der Waals surface area contributed by atoms with Gasteiger partial charge in [-0.3, -0.25) is 4.57 Å². The van der Waals surface area contributed by atoms with E-state index in [-0.39, 0.29) is 22.9 Å². The third-order valence-electron chi connectivity index (χ3n) is 7.70. The zero-order valence-corrected chi connectivity index (χ0v) is 23.7. The topological polar surface area (TPSA) is 43.8 Å². The van der Waals surface area contributed by atoms with Crippen LogP contribution in [0.25, 0.3) is 21.5 Å². The molecule has 4 aromatic carbocycles. The van der Waals surface area contributed by atoms with Gasteiger partial charge in [0.1, 0.15) is 0 Å². The van der Waals surface area contributed by atoms with Gasteiger partial charge in [0.15, 0.2) is 0 Å². The van der Waals surface area contributed by atoms with E-state index in [0.29, 0.717) is 13.1 Å². The van der Waals surface area contributed by atoms with E-state index in [1.807, 2.05) is 21.5 Å². The quantitative estimate of drug-likeness (QED) is 0.277. The molecule has 4 aromatic rings. The van der Waals surface area contributed by atoms with Crippen molar-refractivity contribution in [2.24, 2.45) is 10.8 Å². The lowest BCUT2D eigenvalue weighted by Gasteiger charge is -2.43. The second-order valence-electron chi connectivity index (χ2n) is 12.5. The van der Waals surface area contributed by atoms with E-state index in [1.165, 1.54) is 0 Å². The highest BCUT2D eigenvalue weighted by atomic mass is 31.2. The van der Waals surface area contributed by atoms with Crippen LogP contribution in [-0.2, 0) is 4.57 Å². The smallest absolute Gasteiger partial charge is 0.322 e. The molecule has 4 nitrogen and oxygen atoms in total. The highest BCUT2D eigenvalue weighted by Gasteiger charge is 2.53. The van der Waals surface area contributed by atoms with Crippen molar-refractivity contribution < 1.29 is 9.46 Å². The minimum Gasteiger partial charge on any atom is -0.322 e. The fourth-order valence-corrected chi connectivity index (χ4v) is 8.84. The van der Waals surface area contributed by atoms with Crippen molar-refractivity contribution in [1.29, 1.82) is 0 Å². The summed E-state index contributed by atoms with van der Waals surface area (Å²) in [6.07, 6.45) is 0. The standard InChI is InChI=1S/C32H39N2O2P/c1-31(2,3)29(27-19-11-15-23-13-7-9-17-25(23)27)33-21-22-34(37(33,35)36)30(32(4,5)6)28-20-12-16-24-14-8-10-18-26(24)28/h7-20,29-30H,21-22H2,1-6H3,(H,35,36)/t29-,30-/m1/s1. The van der Waals surface area contributed by atoms with Gasteiger partial charge in [0.25, 0.3) is 0 Å². The summed E-state index contributed by atoms with van der Waals surface area (Å²) in [5.41, 5.74) is 1.71. The number of benzene rings is 4. The Balaban J connectivity index is 1.64. The molecule has 2 atom stereocenters. The van der Waals surface area contributed by atoms with Crippen LogP contribution in [0.4, 0.5) is 0 Å². The molecular weight excluding hydrogens is 475 g/mol. The second-order valence-corrected chi connectivity index (χ2v) is 14.6. The van der Waals surface area contributed by atoms with E-state index in [2.05, 4.69) is 114 Å². The van der Waals surface area contributed by atoms with Gasteiger partial charge < -0.3 is 4.89 Å². The summed E-state index contributed by atoms with van der Waals surface area (Å²) >= 11 is 0. The van der Waals surface area contributed by atoms with E-state index >= 15 is 0 Å². The zero-order valence-electron chi connectivity index (χ0n) is 22.8. The third-order valence-corrected chi connectivity index (χ3v) is 9.90. The van der Waals surface area contributed by atoms with Crippen molar-refractivity contribution in [3.05, 3.63) is 96.1 Å². The summed E-state index contributed by atoms with van der Waals surface area (Å²) in [6, 6.07) is 28.9. The molecular formula is C32H39N2O2P. The molecule has 1 N–H and O–H groups in total. The first-order chi connectivity index (χ1) is 17.4. The SMILES string of the molecule is CC(C)(C)[C@@H](c1cccc2ccccc12)N1CCN([C@H](c2cccc3ccccc23)C(C)(C)C)P1(=O)O. The summed E-state index contributed by atoms with van der Waals surface area (Å²) in [6.45, 7) is 14.1. The summed E-state index contributed by atoms with van der Waals surface area (Å²) < 4.78 is 18.5. The van der Waals surface area contributed by atoms with Gasteiger partial charge in [0.05, 0.1) is 0 Å². The third kappa shape index (κ3) is 4.66. The summed E-state index contributed by atoms with van der Waals surface area (Å²) in [5.74, 6) is 0. The van der Waals surface area contributed by atoms with E-state index in [1.54, 1.807) is 0 Å². The van der Waals surface area contributed by atoms with Crippen LogP contribution < -0.4 is 0 Å². The number of hydrogen-bond donors (Lipinski definition) is 1. The molecule has 1 aliphatic rings. The average Bonchev–Trinajstić information content (AvgIpc) is 3.12. The maximum absolute atomic E-state index is 14.7. The summed E-state index contributed by atoms with van der Waals surface area (Å²) in [4.78, 5) is 12.1. The van der Waals surface area contributed by atoms with Crippen molar-refractivity contribution in [2.75, 3.05) is 13.1 Å². The zero-order chi connectivity index (χ0) is 26.6. The van der Waals surface area contributed by atoms with Crippen LogP contribution in [0.5, 0.6) is 0 Å². The minimum absolute atomic E-state index is 0.215. The molecule has 5 heteroatoms. The van der Waals surface area contributed by atoms with E-state index in [4.69, 9.17) is 0 Å². The largest absolute Gasteiger partial charge is 0.344 e. The molecule has 194 valence electrons. The molecule has 0 bridgehead atoms. The minimum atomic E-state index is -3.89. The van der Waals surface area contributed by atoms with Crippen molar-refractivity contribution in [1.82, 2.24) is 9.34 Å². The maximum atomic E-state index is 14.7. The van der Waals surface area contributed by atoms with Crippen molar-refractivity contribution in [3.63, 3.8) is 0 Å². The lowest BCUT2D eigenvalue weighted by molar-refractivity contribution is 0.163. The predicted molar refractivity (Wildman–Crippen MR) is 156 cm³/mol. The van der Waals surface area contributed by atoms with Gasteiger partial charge in [-0.2, -0.15) is 0 Å². The van der Waals surface area contributed by atoms with Gasteiger partial charge in [-0.25, -0.2) is 9.34 Å². The monoisotopic (exact) mass is 514 g/mol. The predicted octanol–water partition coefficient (Wildman–Crippen LogP) is 8.59. The number of hydrogen-bond acceptors (Lipinski definition) is 1. The molecule has 0 unspecified atom stereocenters. The molecule has 1 heterocycles. The molecule has 0 spiro atoms. The number of fused-ring (bicyclic) bond motifs is 2.